The number of ether oxygens (including phenoxy) is 4. The number of rotatable bonds is 14. The number of hydrogen-bond acceptors (Lipinski definition) is 9. The van der Waals surface area contributed by atoms with Gasteiger partial charge in [0.25, 0.3) is 5.91 Å². The van der Waals surface area contributed by atoms with Crippen molar-refractivity contribution in [2.45, 2.75) is 111 Å². The van der Waals surface area contributed by atoms with E-state index in [2.05, 4.69) is 4.90 Å². The van der Waals surface area contributed by atoms with E-state index in [1.54, 1.807) is 34.6 Å². The molecule has 0 spiro atoms. The third-order valence-electron chi connectivity index (χ3n) is 7.52. The van der Waals surface area contributed by atoms with Gasteiger partial charge in [0, 0.05) is 39.3 Å². The van der Waals surface area contributed by atoms with Crippen molar-refractivity contribution in [2.75, 3.05) is 45.3 Å². The average molecular weight is 648 g/mol. The summed E-state index contributed by atoms with van der Waals surface area (Å²) < 4.78 is 22.5. The number of nitrogens with zero attached hydrogens (tertiary/aromatic N) is 3. The van der Waals surface area contributed by atoms with Crippen LogP contribution in [0.15, 0.2) is 24.3 Å². The third-order valence-corrected chi connectivity index (χ3v) is 7.52. The van der Waals surface area contributed by atoms with E-state index in [1.165, 1.54) is 23.9 Å². The summed E-state index contributed by atoms with van der Waals surface area (Å²) in [7, 11) is 3.04. The Labute approximate surface area is 275 Å². The quantitative estimate of drug-likeness (QED) is 0.201. The highest BCUT2D eigenvalue weighted by Crippen LogP contribution is 2.22. The molecule has 2 rings (SSSR count). The molecule has 0 bridgehead atoms. The summed E-state index contributed by atoms with van der Waals surface area (Å²) in [5, 5.41) is 0. The Balaban J connectivity index is 2.43. The number of carbonyl (C=O) groups excluding carboxylic acids is 4. The highest BCUT2D eigenvalue weighted by Gasteiger charge is 2.38. The van der Waals surface area contributed by atoms with Gasteiger partial charge in [-0.2, -0.15) is 0 Å². The van der Waals surface area contributed by atoms with E-state index < -0.39 is 47.7 Å². The molecule has 1 heterocycles. The molecular formula is C35H57N3O8. The van der Waals surface area contributed by atoms with Gasteiger partial charge in [-0.25, -0.2) is 14.4 Å². The lowest BCUT2D eigenvalue weighted by atomic mass is 10.0. The van der Waals surface area contributed by atoms with Crippen LogP contribution < -0.4 is 4.90 Å². The second-order valence-corrected chi connectivity index (χ2v) is 14.2. The molecule has 0 radical (unpaired) electrons. The van der Waals surface area contributed by atoms with E-state index in [4.69, 9.17) is 18.9 Å². The number of anilines is 1. The first-order chi connectivity index (χ1) is 21.4. The van der Waals surface area contributed by atoms with E-state index in [9.17, 15) is 19.2 Å². The van der Waals surface area contributed by atoms with E-state index >= 15 is 0 Å². The number of hydrogen-bond donors (Lipinski definition) is 0. The predicted molar refractivity (Wildman–Crippen MR) is 178 cm³/mol. The number of carbonyl (C=O) groups is 4. The molecule has 3 atom stereocenters. The van der Waals surface area contributed by atoms with Gasteiger partial charge in [-0.3, -0.25) is 9.69 Å². The van der Waals surface area contributed by atoms with Crippen LogP contribution in [0.3, 0.4) is 0 Å². The molecule has 0 aromatic heterocycles. The molecule has 11 heteroatoms. The van der Waals surface area contributed by atoms with Crippen molar-refractivity contribution in [3.05, 3.63) is 29.8 Å². The van der Waals surface area contributed by atoms with Crippen molar-refractivity contribution in [1.29, 1.82) is 0 Å². The first-order valence-corrected chi connectivity index (χ1v) is 16.4. The first kappa shape index (κ1) is 38.8. The fourth-order valence-electron chi connectivity index (χ4n) is 5.15. The molecule has 11 nitrogen and oxygen atoms in total. The molecule has 2 amide bonds. The zero-order valence-electron chi connectivity index (χ0n) is 29.8. The van der Waals surface area contributed by atoms with Crippen LogP contribution in [0.4, 0.5) is 10.5 Å². The summed E-state index contributed by atoms with van der Waals surface area (Å²) in [4.78, 5) is 58.9. The summed E-state index contributed by atoms with van der Waals surface area (Å²) in [6.45, 7) is 19.5. The van der Waals surface area contributed by atoms with Gasteiger partial charge in [-0.05, 0) is 77.0 Å². The number of esters is 2. The molecular weight excluding hydrogens is 590 g/mol. The molecule has 1 aromatic carbocycles. The van der Waals surface area contributed by atoms with Crippen molar-refractivity contribution in [1.82, 2.24) is 9.80 Å². The van der Waals surface area contributed by atoms with Crippen molar-refractivity contribution >= 4 is 29.6 Å². The normalized spacial score (nSPS) is 15.7. The van der Waals surface area contributed by atoms with Crippen LogP contribution in [0.2, 0.25) is 0 Å². The van der Waals surface area contributed by atoms with E-state index in [0.717, 1.165) is 24.3 Å². The molecule has 0 saturated carbocycles. The van der Waals surface area contributed by atoms with Crippen molar-refractivity contribution in [3.8, 4) is 0 Å². The Bertz CT molecular complexity index is 1140. The van der Waals surface area contributed by atoms with Crippen molar-refractivity contribution in [2.24, 2.45) is 11.8 Å². The zero-order valence-corrected chi connectivity index (χ0v) is 29.8. The number of benzene rings is 1. The lowest BCUT2D eigenvalue weighted by Gasteiger charge is -2.33. The average Bonchev–Trinajstić information content (AvgIpc) is 2.96. The predicted octanol–water partition coefficient (Wildman–Crippen LogP) is 5.08. The van der Waals surface area contributed by atoms with Gasteiger partial charge in [0.15, 0.2) is 6.10 Å². The van der Waals surface area contributed by atoms with Crippen LogP contribution in [0.25, 0.3) is 0 Å². The van der Waals surface area contributed by atoms with Gasteiger partial charge >= 0.3 is 18.0 Å². The van der Waals surface area contributed by atoms with Gasteiger partial charge in [-0.1, -0.05) is 39.8 Å². The number of morpholine rings is 1. The fraction of sp³-hybridized carbons (Fsp3) is 0.714. The summed E-state index contributed by atoms with van der Waals surface area (Å²) in [6, 6.07) is 5.93. The molecule has 46 heavy (non-hydrogen) atoms. The molecule has 260 valence electrons. The first-order valence-electron chi connectivity index (χ1n) is 16.4. The summed E-state index contributed by atoms with van der Waals surface area (Å²) in [5.41, 5.74) is 1.05. The lowest BCUT2D eigenvalue weighted by Crippen LogP contribution is -2.52. The topological polar surface area (TPSA) is 115 Å². The molecule has 1 aromatic rings. The molecule has 1 fully saturated rings. The van der Waals surface area contributed by atoms with Crippen molar-refractivity contribution < 1.29 is 38.1 Å². The van der Waals surface area contributed by atoms with Gasteiger partial charge in [0.05, 0.1) is 19.3 Å². The molecule has 1 aliphatic rings. The van der Waals surface area contributed by atoms with Crippen molar-refractivity contribution in [3.63, 3.8) is 0 Å². The van der Waals surface area contributed by atoms with Crippen LogP contribution in [0, 0.1) is 11.8 Å². The fourth-order valence-corrected chi connectivity index (χ4v) is 5.15. The minimum absolute atomic E-state index is 0.0354. The number of likely N-dealkylation sites (N-methyl/N-ethyl adjacent to an activating group) is 2. The maximum absolute atomic E-state index is 14.2. The second-order valence-electron chi connectivity index (χ2n) is 14.2. The van der Waals surface area contributed by atoms with Crippen LogP contribution in [-0.4, -0.2) is 104 Å². The SMILES string of the molecule is CC(C)CC(C(=O)OC(Cc1ccc(N2CCOCC2)cc1)C(=O)N(C)C(CC(C)C)C(=O)OC(C)C)N(C)C(=O)OC(C)(C)C. The van der Waals surface area contributed by atoms with E-state index in [1.807, 2.05) is 52.0 Å². The maximum Gasteiger partial charge on any atom is 0.410 e. The number of amides is 2. The van der Waals surface area contributed by atoms with E-state index in [-0.39, 0.29) is 24.4 Å². The molecule has 3 unspecified atom stereocenters. The third kappa shape index (κ3) is 12.5. The lowest BCUT2D eigenvalue weighted by molar-refractivity contribution is -0.168. The Hall–Kier alpha value is -3.34. The standard InChI is InChI=1S/C35H57N3O8/c1-23(2)20-28(32(40)44-25(5)6)36(10)31(39)30(22-26-12-14-27(15-13-26)38-16-18-43-19-17-38)45-33(41)29(21-24(3)4)37(11)34(42)46-35(7,8)9/h12-15,23-25,28-30H,16-22H2,1-11H3. The monoisotopic (exact) mass is 647 g/mol. The second kappa shape index (κ2) is 17.5. The van der Waals surface area contributed by atoms with Crippen LogP contribution in [0.1, 0.15) is 80.7 Å². The smallest absolute Gasteiger partial charge is 0.410 e. The van der Waals surface area contributed by atoms with Crippen LogP contribution in [0.5, 0.6) is 0 Å². The maximum atomic E-state index is 14.2. The minimum Gasteiger partial charge on any atom is -0.461 e. The summed E-state index contributed by atoms with van der Waals surface area (Å²) in [5.74, 6) is -1.63. The van der Waals surface area contributed by atoms with Gasteiger partial charge in [-0.15, -0.1) is 0 Å². The highest BCUT2D eigenvalue weighted by molar-refractivity contribution is 5.90. The Kier molecular flexibility index (Phi) is 14.8. The zero-order chi connectivity index (χ0) is 34.8. The van der Waals surface area contributed by atoms with E-state index in [0.29, 0.717) is 26.1 Å². The Morgan fingerprint density at radius 2 is 1.30 bits per heavy atom. The molecule has 1 aliphatic heterocycles. The summed E-state index contributed by atoms with van der Waals surface area (Å²) >= 11 is 0. The van der Waals surface area contributed by atoms with Crippen LogP contribution >= 0.6 is 0 Å². The van der Waals surface area contributed by atoms with Gasteiger partial charge in [0.1, 0.15) is 17.7 Å². The minimum atomic E-state index is -1.25. The molecule has 0 aliphatic carbocycles. The van der Waals surface area contributed by atoms with Crippen LogP contribution in [-0.2, 0) is 39.8 Å². The highest BCUT2D eigenvalue weighted by atomic mass is 16.6. The molecule has 0 N–H and O–H groups in total. The Morgan fingerprint density at radius 3 is 1.78 bits per heavy atom. The Morgan fingerprint density at radius 1 is 0.804 bits per heavy atom. The largest absolute Gasteiger partial charge is 0.461 e. The summed E-state index contributed by atoms with van der Waals surface area (Å²) in [6.07, 6.45) is -1.52. The van der Waals surface area contributed by atoms with Gasteiger partial charge in [0.2, 0.25) is 0 Å². The van der Waals surface area contributed by atoms with Gasteiger partial charge < -0.3 is 28.7 Å². The molecule has 1 saturated heterocycles.